The summed E-state index contributed by atoms with van der Waals surface area (Å²) in [7, 11) is 0. The molecule has 0 saturated heterocycles. The molecule has 1 aliphatic rings. The molecule has 0 radical (unpaired) electrons. The first-order valence-corrected chi connectivity index (χ1v) is 21.0. The number of carbonyl (C=O) groups excluding carboxylic acids is 1. The predicted molar refractivity (Wildman–Crippen MR) is 208 cm³/mol. The molecule has 0 bridgehead atoms. The van der Waals surface area contributed by atoms with Crippen molar-refractivity contribution in [3.05, 3.63) is 36.7 Å². The lowest BCUT2D eigenvalue weighted by Gasteiger charge is -2.32. The van der Waals surface area contributed by atoms with E-state index in [1.54, 1.807) is 0 Å². The summed E-state index contributed by atoms with van der Waals surface area (Å²) in [6.07, 6.45) is 50.5. The van der Waals surface area contributed by atoms with Crippen LogP contribution in [0.1, 0.15) is 200 Å². The second-order valence-corrected chi connectivity index (χ2v) is 14.3. The Morgan fingerprint density at radius 2 is 0.958 bits per heavy atom. The molecule has 0 aromatic carbocycles. The minimum atomic E-state index is -0.0622. The summed E-state index contributed by atoms with van der Waals surface area (Å²) in [5.74, 6) is -0.0622. The van der Waals surface area contributed by atoms with Crippen molar-refractivity contribution in [2.45, 2.75) is 206 Å². The number of hydrogen-bond acceptors (Lipinski definition) is 5. The van der Waals surface area contributed by atoms with E-state index in [-0.39, 0.29) is 18.7 Å². The van der Waals surface area contributed by atoms with Crippen molar-refractivity contribution in [1.29, 1.82) is 0 Å². The molecule has 0 aromatic rings. The maximum Gasteiger partial charge on any atom is 0.305 e. The van der Waals surface area contributed by atoms with Crippen LogP contribution in [0.15, 0.2) is 36.7 Å². The normalized spacial score (nSPS) is 14.8. The van der Waals surface area contributed by atoms with Crippen LogP contribution in [0.5, 0.6) is 0 Å². The van der Waals surface area contributed by atoms with Crippen LogP contribution >= 0.6 is 0 Å². The fourth-order valence-electron chi connectivity index (χ4n) is 6.71. The molecule has 48 heavy (non-hydrogen) atoms. The number of β-amino-alcohol motifs (C(OH)–C–C–N with tert-alkyl or cyclic N) is 1. The Morgan fingerprint density at radius 3 is 1.42 bits per heavy atom. The van der Waals surface area contributed by atoms with E-state index in [1.807, 2.05) is 0 Å². The molecule has 1 unspecified atom stereocenters. The highest BCUT2D eigenvalue weighted by Gasteiger charge is 2.25. The van der Waals surface area contributed by atoms with Gasteiger partial charge >= 0.3 is 5.97 Å². The zero-order valence-corrected chi connectivity index (χ0v) is 32.0. The first-order valence-electron chi connectivity index (χ1n) is 21.0. The first-order chi connectivity index (χ1) is 23.7. The van der Waals surface area contributed by atoms with Crippen LogP contribution in [0.3, 0.4) is 0 Å². The standard InChI is InChI=1S/C43H80N2O3/c1-3-5-7-9-11-13-15-17-19-21-22-24-26-28-30-32-34-42-44(38-40-46)36-37-45(42)39-41-48-43(47)35-33-31-29-27-25-23-20-18-16-14-12-10-8-6-4-2/h17-20,36-37,42,46H,3-16,21-35,38-41H2,1-2H3. The van der Waals surface area contributed by atoms with Gasteiger partial charge in [-0.25, -0.2) is 0 Å². The Morgan fingerprint density at radius 1 is 0.562 bits per heavy atom. The second kappa shape index (κ2) is 35.1. The summed E-state index contributed by atoms with van der Waals surface area (Å²) in [5, 5.41) is 9.55. The van der Waals surface area contributed by atoms with Crippen LogP contribution in [0.2, 0.25) is 0 Å². The zero-order chi connectivity index (χ0) is 34.6. The van der Waals surface area contributed by atoms with E-state index >= 15 is 0 Å². The molecule has 280 valence electrons. The molecule has 1 aliphatic heterocycles. The van der Waals surface area contributed by atoms with E-state index in [4.69, 9.17) is 4.74 Å². The highest BCUT2D eigenvalue weighted by Crippen LogP contribution is 2.22. The van der Waals surface area contributed by atoms with E-state index in [0.29, 0.717) is 26.1 Å². The quantitative estimate of drug-likeness (QED) is 0.0408. The summed E-state index contributed by atoms with van der Waals surface area (Å²) in [4.78, 5) is 16.9. The van der Waals surface area contributed by atoms with Gasteiger partial charge in [0.1, 0.15) is 12.8 Å². The van der Waals surface area contributed by atoms with Crippen LogP contribution in [-0.4, -0.2) is 53.3 Å². The highest BCUT2D eigenvalue weighted by atomic mass is 16.5. The van der Waals surface area contributed by atoms with E-state index in [2.05, 4.69) is 60.4 Å². The average molecular weight is 673 g/mol. The number of unbranched alkanes of at least 4 members (excludes halogenated alkanes) is 23. The zero-order valence-electron chi connectivity index (χ0n) is 32.0. The van der Waals surface area contributed by atoms with Gasteiger partial charge in [-0.15, -0.1) is 0 Å². The number of carbonyl (C=O) groups is 1. The molecule has 0 saturated carbocycles. The summed E-state index contributed by atoms with van der Waals surface area (Å²) in [6.45, 7) is 6.52. The molecule has 0 aromatic heterocycles. The molecule has 0 amide bonds. The van der Waals surface area contributed by atoms with E-state index in [0.717, 1.165) is 19.3 Å². The number of aliphatic hydroxyl groups is 1. The second-order valence-electron chi connectivity index (χ2n) is 14.3. The largest absolute Gasteiger partial charge is 0.464 e. The summed E-state index contributed by atoms with van der Waals surface area (Å²) >= 11 is 0. The van der Waals surface area contributed by atoms with Crippen LogP contribution in [0.25, 0.3) is 0 Å². The maximum absolute atomic E-state index is 12.3. The Kier molecular flexibility index (Phi) is 32.4. The first kappa shape index (κ1) is 44.3. The predicted octanol–water partition coefficient (Wildman–Crippen LogP) is 12.4. The van der Waals surface area contributed by atoms with Crippen LogP contribution in [0.4, 0.5) is 0 Å². The van der Waals surface area contributed by atoms with Gasteiger partial charge in [-0.1, -0.05) is 147 Å². The third-order valence-electron chi connectivity index (χ3n) is 9.80. The number of allylic oxidation sites excluding steroid dienone is 4. The lowest BCUT2D eigenvalue weighted by Crippen LogP contribution is -2.41. The number of nitrogens with zero attached hydrogens (tertiary/aromatic N) is 2. The summed E-state index contributed by atoms with van der Waals surface area (Å²) < 4.78 is 5.61. The van der Waals surface area contributed by atoms with E-state index in [9.17, 15) is 9.90 Å². The third kappa shape index (κ3) is 27.1. The van der Waals surface area contributed by atoms with Gasteiger partial charge < -0.3 is 19.6 Å². The van der Waals surface area contributed by atoms with Gasteiger partial charge in [0.2, 0.25) is 0 Å². The van der Waals surface area contributed by atoms with Crippen molar-refractivity contribution in [3.8, 4) is 0 Å². The smallest absolute Gasteiger partial charge is 0.305 e. The van der Waals surface area contributed by atoms with Gasteiger partial charge in [0.25, 0.3) is 0 Å². The molecular weight excluding hydrogens is 592 g/mol. The third-order valence-corrected chi connectivity index (χ3v) is 9.80. The molecule has 0 aliphatic carbocycles. The molecule has 1 heterocycles. The number of rotatable bonds is 36. The summed E-state index contributed by atoms with van der Waals surface area (Å²) in [5.41, 5.74) is 0. The maximum atomic E-state index is 12.3. The molecule has 5 heteroatoms. The minimum Gasteiger partial charge on any atom is -0.464 e. The molecule has 0 fully saturated rings. The van der Waals surface area contributed by atoms with Gasteiger partial charge in [-0.3, -0.25) is 4.79 Å². The Bertz CT molecular complexity index is 780. The monoisotopic (exact) mass is 673 g/mol. The number of ether oxygens (including phenoxy) is 1. The average Bonchev–Trinajstić information content (AvgIpc) is 3.47. The van der Waals surface area contributed by atoms with E-state index < -0.39 is 0 Å². The molecule has 5 nitrogen and oxygen atoms in total. The lowest BCUT2D eigenvalue weighted by molar-refractivity contribution is -0.144. The molecule has 1 N–H and O–H groups in total. The van der Waals surface area contributed by atoms with Crippen molar-refractivity contribution >= 4 is 5.97 Å². The van der Waals surface area contributed by atoms with Gasteiger partial charge in [-0.05, 0) is 70.6 Å². The Labute approximate surface area is 299 Å². The van der Waals surface area contributed by atoms with Crippen LogP contribution in [-0.2, 0) is 9.53 Å². The van der Waals surface area contributed by atoms with Gasteiger partial charge in [0.05, 0.1) is 13.2 Å². The number of hydrogen-bond donors (Lipinski definition) is 1. The van der Waals surface area contributed by atoms with Crippen molar-refractivity contribution in [3.63, 3.8) is 0 Å². The SMILES string of the molecule is CCCCCCCCC=CCCCCCCCCC1N(CCO)C=CN1CCOC(=O)CCCCCCCC=CCCCCCCCC. The number of esters is 1. The van der Waals surface area contributed by atoms with Crippen LogP contribution in [0, 0.1) is 0 Å². The molecule has 1 rings (SSSR count). The lowest BCUT2D eigenvalue weighted by atomic mass is 10.1. The van der Waals surface area contributed by atoms with Crippen LogP contribution < -0.4 is 0 Å². The van der Waals surface area contributed by atoms with Crippen molar-refractivity contribution < 1.29 is 14.6 Å². The summed E-state index contributed by atoms with van der Waals surface area (Å²) in [6, 6.07) is 0. The van der Waals surface area contributed by atoms with Crippen molar-refractivity contribution in [1.82, 2.24) is 9.80 Å². The van der Waals surface area contributed by atoms with E-state index in [1.165, 1.54) is 161 Å². The van der Waals surface area contributed by atoms with Crippen molar-refractivity contribution in [2.24, 2.45) is 0 Å². The topological polar surface area (TPSA) is 53.0 Å². The molecular formula is C43H80N2O3. The Balaban J connectivity index is 2.03. The fourth-order valence-corrected chi connectivity index (χ4v) is 6.71. The number of aliphatic hydroxyl groups excluding tert-OH is 1. The van der Waals surface area contributed by atoms with Gasteiger partial charge in [0, 0.05) is 25.4 Å². The Hall–Kier alpha value is -1.75. The van der Waals surface area contributed by atoms with Gasteiger partial charge in [0.15, 0.2) is 0 Å². The fraction of sp³-hybridized carbons (Fsp3) is 0.837. The molecule has 0 spiro atoms. The van der Waals surface area contributed by atoms with Crippen molar-refractivity contribution in [2.75, 3.05) is 26.3 Å². The highest BCUT2D eigenvalue weighted by molar-refractivity contribution is 5.69. The van der Waals surface area contributed by atoms with Gasteiger partial charge in [-0.2, -0.15) is 0 Å². The molecule has 1 atom stereocenters. The minimum absolute atomic E-state index is 0.0622.